The van der Waals surface area contributed by atoms with E-state index >= 15 is 0 Å². The van der Waals surface area contributed by atoms with Crippen LogP contribution in [0.4, 0.5) is 5.69 Å². The quantitative estimate of drug-likeness (QED) is 0.168. The van der Waals surface area contributed by atoms with Gasteiger partial charge in [0.15, 0.2) is 0 Å². The van der Waals surface area contributed by atoms with Crippen LogP contribution in [0.5, 0.6) is 5.75 Å². The van der Waals surface area contributed by atoms with Gasteiger partial charge >= 0.3 is 11.9 Å². The Morgan fingerprint density at radius 2 is 1.59 bits per heavy atom. The normalized spacial score (nSPS) is 15.0. The Labute approximate surface area is 226 Å². The summed E-state index contributed by atoms with van der Waals surface area (Å²) >= 11 is 0. The second kappa shape index (κ2) is 14.1. The number of aliphatic hydroxyl groups is 1. The molecule has 0 fully saturated rings. The molecule has 2 aromatic rings. The minimum atomic E-state index is -0.948. The number of esters is 2. The van der Waals surface area contributed by atoms with E-state index in [0.717, 1.165) is 5.56 Å². The second-order valence-electron chi connectivity index (χ2n) is 8.72. The van der Waals surface area contributed by atoms with Crippen LogP contribution < -0.4 is 10.1 Å². The standard InChI is InChI=1S/C28H32N2O9/c1-18-24(27(32)38-13-11-20-7-9-23(10-8-20)37-14-12-31)26(21-5-4-6-22(17-21)30(34)35)25(19(2)29-18)28(33)39-16-15-36-3/h4-10,17,26,29,31H,11-16H2,1-3H3. The van der Waals surface area contributed by atoms with Gasteiger partial charge in [-0.1, -0.05) is 24.3 Å². The van der Waals surface area contributed by atoms with Crippen LogP contribution in [-0.2, 0) is 30.2 Å². The third kappa shape index (κ3) is 7.65. The highest BCUT2D eigenvalue weighted by atomic mass is 16.6. The summed E-state index contributed by atoms with van der Waals surface area (Å²) in [6.45, 7) is 3.72. The van der Waals surface area contributed by atoms with Crippen molar-refractivity contribution < 1.29 is 38.6 Å². The molecule has 2 aromatic carbocycles. The zero-order valence-electron chi connectivity index (χ0n) is 22.1. The maximum atomic E-state index is 13.4. The predicted octanol–water partition coefficient (Wildman–Crippen LogP) is 3.18. The van der Waals surface area contributed by atoms with Crippen LogP contribution in [0, 0.1) is 10.1 Å². The molecule has 0 radical (unpaired) electrons. The van der Waals surface area contributed by atoms with Crippen LogP contribution in [0.15, 0.2) is 71.1 Å². The molecule has 1 unspecified atom stereocenters. The van der Waals surface area contributed by atoms with Crippen molar-refractivity contribution in [2.45, 2.75) is 26.2 Å². The maximum absolute atomic E-state index is 13.4. The molecule has 1 heterocycles. The number of hydrogen-bond acceptors (Lipinski definition) is 10. The Balaban J connectivity index is 1.85. The van der Waals surface area contributed by atoms with Crippen LogP contribution in [-0.4, -0.2) is 62.1 Å². The average Bonchev–Trinajstić information content (AvgIpc) is 2.92. The average molecular weight is 541 g/mol. The van der Waals surface area contributed by atoms with Gasteiger partial charge in [0.25, 0.3) is 5.69 Å². The number of dihydropyridines is 1. The van der Waals surface area contributed by atoms with Crippen LogP contribution in [0.25, 0.3) is 0 Å². The van der Waals surface area contributed by atoms with Gasteiger partial charge in [0.2, 0.25) is 0 Å². The number of aliphatic hydroxyl groups excluding tert-OH is 1. The first kappa shape index (κ1) is 29.3. The zero-order chi connectivity index (χ0) is 28.4. The largest absolute Gasteiger partial charge is 0.491 e. The fraction of sp³-hybridized carbons (Fsp3) is 0.357. The number of non-ortho nitro benzene ring substituents is 1. The van der Waals surface area contributed by atoms with Crippen molar-refractivity contribution in [2.75, 3.05) is 40.1 Å². The Hall–Kier alpha value is -4.22. The van der Waals surface area contributed by atoms with E-state index in [-0.39, 0.29) is 49.9 Å². The molecule has 11 nitrogen and oxygen atoms in total. The molecule has 39 heavy (non-hydrogen) atoms. The molecule has 1 aliphatic heterocycles. The molecule has 0 bridgehead atoms. The van der Waals surface area contributed by atoms with E-state index in [9.17, 15) is 19.7 Å². The van der Waals surface area contributed by atoms with Gasteiger partial charge in [-0.25, -0.2) is 9.59 Å². The highest BCUT2D eigenvalue weighted by Crippen LogP contribution is 2.40. The van der Waals surface area contributed by atoms with Gasteiger partial charge in [-0.3, -0.25) is 10.1 Å². The van der Waals surface area contributed by atoms with Crippen molar-refractivity contribution in [3.63, 3.8) is 0 Å². The zero-order valence-corrected chi connectivity index (χ0v) is 22.1. The molecule has 208 valence electrons. The molecule has 0 aliphatic carbocycles. The van der Waals surface area contributed by atoms with Gasteiger partial charge in [-0.05, 0) is 37.1 Å². The SMILES string of the molecule is COCCOC(=O)C1=C(C)NC(C)=C(C(=O)OCCc2ccc(OCCO)cc2)C1c1cccc([N+](=O)[O-])c1. The van der Waals surface area contributed by atoms with Crippen molar-refractivity contribution in [3.05, 3.63) is 92.3 Å². The first-order valence-corrected chi connectivity index (χ1v) is 12.4. The van der Waals surface area contributed by atoms with Gasteiger partial charge in [-0.2, -0.15) is 0 Å². The smallest absolute Gasteiger partial charge is 0.336 e. The highest BCUT2D eigenvalue weighted by molar-refractivity contribution is 6.00. The summed E-state index contributed by atoms with van der Waals surface area (Å²) in [4.78, 5) is 37.5. The number of allylic oxidation sites excluding steroid dienone is 2. The van der Waals surface area contributed by atoms with E-state index in [2.05, 4.69) is 5.32 Å². The van der Waals surface area contributed by atoms with Gasteiger partial charge in [0, 0.05) is 37.1 Å². The molecular formula is C28H32N2O9. The Kier molecular flexibility index (Phi) is 10.6. The fourth-order valence-corrected chi connectivity index (χ4v) is 4.24. The van der Waals surface area contributed by atoms with Gasteiger partial charge < -0.3 is 29.4 Å². The Bertz CT molecular complexity index is 1250. The third-order valence-corrected chi connectivity index (χ3v) is 6.04. The topological polar surface area (TPSA) is 146 Å². The number of rotatable bonds is 13. The number of nitro groups is 1. The van der Waals surface area contributed by atoms with E-state index in [1.54, 1.807) is 32.0 Å². The van der Waals surface area contributed by atoms with E-state index in [4.69, 9.17) is 24.1 Å². The number of benzene rings is 2. The molecule has 11 heteroatoms. The summed E-state index contributed by atoms with van der Waals surface area (Å²) in [7, 11) is 1.48. The first-order chi connectivity index (χ1) is 18.8. The van der Waals surface area contributed by atoms with Crippen molar-refractivity contribution in [1.82, 2.24) is 5.32 Å². The van der Waals surface area contributed by atoms with Crippen molar-refractivity contribution in [2.24, 2.45) is 0 Å². The molecule has 0 aromatic heterocycles. The third-order valence-electron chi connectivity index (χ3n) is 6.04. The van der Waals surface area contributed by atoms with Gasteiger partial charge in [-0.15, -0.1) is 0 Å². The number of hydrogen-bond donors (Lipinski definition) is 2. The lowest BCUT2D eigenvalue weighted by Gasteiger charge is -2.30. The molecule has 0 saturated carbocycles. The lowest BCUT2D eigenvalue weighted by Crippen LogP contribution is -2.33. The minimum absolute atomic E-state index is 0.0000763. The number of carbonyl (C=O) groups excluding carboxylic acids is 2. The second-order valence-corrected chi connectivity index (χ2v) is 8.72. The predicted molar refractivity (Wildman–Crippen MR) is 141 cm³/mol. The van der Waals surface area contributed by atoms with Crippen LogP contribution >= 0.6 is 0 Å². The fourth-order valence-electron chi connectivity index (χ4n) is 4.24. The maximum Gasteiger partial charge on any atom is 0.336 e. The summed E-state index contributed by atoms with van der Waals surface area (Å²) in [6, 6.07) is 13.0. The Morgan fingerprint density at radius 3 is 2.18 bits per heavy atom. The summed E-state index contributed by atoms with van der Waals surface area (Å²) < 4.78 is 21.3. The van der Waals surface area contributed by atoms with Crippen molar-refractivity contribution in [1.29, 1.82) is 0 Å². The Morgan fingerprint density at radius 1 is 0.949 bits per heavy atom. The van der Waals surface area contributed by atoms with E-state index < -0.39 is 22.8 Å². The minimum Gasteiger partial charge on any atom is -0.491 e. The van der Waals surface area contributed by atoms with Crippen LogP contribution in [0.2, 0.25) is 0 Å². The highest BCUT2D eigenvalue weighted by Gasteiger charge is 2.38. The summed E-state index contributed by atoms with van der Waals surface area (Å²) in [6.07, 6.45) is 0.425. The van der Waals surface area contributed by atoms with Crippen molar-refractivity contribution >= 4 is 17.6 Å². The lowest BCUT2D eigenvalue weighted by atomic mass is 9.80. The molecule has 0 spiro atoms. The summed E-state index contributed by atoms with van der Waals surface area (Å²) in [5, 5.41) is 23.4. The van der Waals surface area contributed by atoms with Gasteiger partial charge in [0.1, 0.15) is 19.0 Å². The van der Waals surface area contributed by atoms with E-state index in [1.807, 2.05) is 12.1 Å². The van der Waals surface area contributed by atoms with E-state index in [1.165, 1.54) is 25.3 Å². The molecule has 2 N–H and O–H groups in total. The molecule has 0 saturated heterocycles. The first-order valence-electron chi connectivity index (χ1n) is 12.4. The number of nitrogens with one attached hydrogen (secondary N) is 1. The number of methoxy groups -OCH3 is 1. The van der Waals surface area contributed by atoms with Crippen LogP contribution in [0.1, 0.15) is 30.9 Å². The molecule has 1 atom stereocenters. The lowest BCUT2D eigenvalue weighted by molar-refractivity contribution is -0.384. The number of ether oxygens (including phenoxy) is 4. The monoisotopic (exact) mass is 540 g/mol. The van der Waals surface area contributed by atoms with Gasteiger partial charge in [0.05, 0.1) is 41.8 Å². The molecule has 0 amide bonds. The van der Waals surface area contributed by atoms with Crippen molar-refractivity contribution in [3.8, 4) is 5.75 Å². The molecule has 3 rings (SSSR count). The number of carbonyl (C=O) groups is 2. The molecular weight excluding hydrogens is 508 g/mol. The number of nitro benzene ring substituents is 1. The number of nitrogens with zero attached hydrogens (tertiary/aromatic N) is 1. The summed E-state index contributed by atoms with van der Waals surface area (Å²) in [5.74, 6) is -1.66. The van der Waals surface area contributed by atoms with E-state index in [0.29, 0.717) is 29.1 Å². The van der Waals surface area contributed by atoms with Crippen LogP contribution in [0.3, 0.4) is 0 Å². The summed E-state index contributed by atoms with van der Waals surface area (Å²) in [5.41, 5.74) is 2.36. The molecule has 1 aliphatic rings.